The van der Waals surface area contributed by atoms with Crippen LogP contribution in [0.15, 0.2) is 53.1 Å². The summed E-state index contributed by atoms with van der Waals surface area (Å²) >= 11 is 6.17. The van der Waals surface area contributed by atoms with Crippen LogP contribution in [-0.2, 0) is 6.54 Å². The van der Waals surface area contributed by atoms with E-state index in [1.807, 2.05) is 4.90 Å². The van der Waals surface area contributed by atoms with Gasteiger partial charge in [0.1, 0.15) is 0 Å². The highest BCUT2D eigenvalue weighted by Crippen LogP contribution is 2.21. The molecule has 0 spiro atoms. The molecule has 1 fully saturated rings. The Balaban J connectivity index is 1.37. The topological polar surface area (TPSA) is 106 Å². The van der Waals surface area contributed by atoms with E-state index >= 15 is 0 Å². The van der Waals surface area contributed by atoms with Crippen molar-refractivity contribution < 1.29 is 14.2 Å². The molecule has 0 aliphatic carbocycles. The average Bonchev–Trinajstić information content (AvgIpc) is 3.11. The Labute approximate surface area is 183 Å². The Morgan fingerprint density at radius 3 is 2.61 bits per heavy atom. The van der Waals surface area contributed by atoms with E-state index < -0.39 is 4.92 Å². The predicted octanol–water partition coefficient (Wildman–Crippen LogP) is 3.65. The molecule has 0 radical (unpaired) electrons. The Hall–Kier alpha value is -3.30. The molecule has 31 heavy (non-hydrogen) atoms. The predicted molar refractivity (Wildman–Crippen MR) is 114 cm³/mol. The zero-order valence-corrected chi connectivity index (χ0v) is 17.4. The minimum absolute atomic E-state index is 0.00734. The number of non-ortho nitro benzene ring substituents is 1. The summed E-state index contributed by atoms with van der Waals surface area (Å²) in [7, 11) is 0. The van der Waals surface area contributed by atoms with Crippen LogP contribution in [0.25, 0.3) is 11.4 Å². The van der Waals surface area contributed by atoms with Crippen LogP contribution in [-0.4, -0.2) is 56.9 Å². The summed E-state index contributed by atoms with van der Waals surface area (Å²) in [6, 6.07) is 13.1. The zero-order valence-electron chi connectivity index (χ0n) is 16.6. The molecule has 9 nitrogen and oxygen atoms in total. The summed E-state index contributed by atoms with van der Waals surface area (Å²) in [5.41, 5.74) is 1.17. The van der Waals surface area contributed by atoms with Crippen LogP contribution in [0.4, 0.5) is 5.69 Å². The number of amides is 1. The first-order chi connectivity index (χ1) is 15.0. The fourth-order valence-electron chi connectivity index (χ4n) is 3.50. The molecule has 2 aromatic carbocycles. The van der Waals surface area contributed by atoms with Gasteiger partial charge in [-0.25, -0.2) is 0 Å². The van der Waals surface area contributed by atoms with E-state index in [-0.39, 0.29) is 11.6 Å². The number of nitrogens with zero attached hydrogens (tertiary/aromatic N) is 5. The van der Waals surface area contributed by atoms with Gasteiger partial charge in [0.2, 0.25) is 11.7 Å². The molecular weight excluding hydrogens is 422 g/mol. The summed E-state index contributed by atoms with van der Waals surface area (Å²) in [6.45, 7) is 3.16. The Bertz CT molecular complexity index is 1090. The first kappa shape index (κ1) is 21.0. The van der Waals surface area contributed by atoms with Gasteiger partial charge < -0.3 is 9.42 Å². The minimum atomic E-state index is -0.454. The lowest BCUT2D eigenvalue weighted by Crippen LogP contribution is -2.35. The van der Waals surface area contributed by atoms with Crippen LogP contribution in [0.2, 0.25) is 5.02 Å². The van der Waals surface area contributed by atoms with Gasteiger partial charge in [-0.2, -0.15) is 4.98 Å². The number of carbonyl (C=O) groups is 1. The molecule has 0 bridgehead atoms. The molecule has 0 atom stereocenters. The maximum Gasteiger partial charge on any atom is 0.269 e. The second-order valence-electron chi connectivity index (χ2n) is 7.22. The number of hydrogen-bond donors (Lipinski definition) is 0. The van der Waals surface area contributed by atoms with Crippen LogP contribution < -0.4 is 0 Å². The van der Waals surface area contributed by atoms with E-state index in [0.717, 1.165) is 13.0 Å². The van der Waals surface area contributed by atoms with Crippen molar-refractivity contribution in [2.45, 2.75) is 13.0 Å². The van der Waals surface area contributed by atoms with Crippen LogP contribution in [0.1, 0.15) is 22.7 Å². The molecule has 1 aliphatic rings. The third-order valence-electron chi connectivity index (χ3n) is 5.14. The van der Waals surface area contributed by atoms with Crippen molar-refractivity contribution >= 4 is 23.2 Å². The lowest BCUT2D eigenvalue weighted by atomic mass is 10.2. The molecular formula is C21H20ClN5O4. The number of benzene rings is 2. The van der Waals surface area contributed by atoms with Gasteiger partial charge in [0.15, 0.2) is 0 Å². The monoisotopic (exact) mass is 441 g/mol. The van der Waals surface area contributed by atoms with Crippen molar-refractivity contribution in [3.05, 3.63) is 75.1 Å². The number of hydrogen-bond acceptors (Lipinski definition) is 7. The minimum Gasteiger partial charge on any atom is -0.338 e. The second-order valence-corrected chi connectivity index (χ2v) is 7.62. The molecule has 10 heteroatoms. The summed E-state index contributed by atoms with van der Waals surface area (Å²) in [6.07, 6.45) is 0.819. The Morgan fingerprint density at radius 1 is 1.10 bits per heavy atom. The number of rotatable bonds is 5. The van der Waals surface area contributed by atoms with Gasteiger partial charge in [0.25, 0.3) is 11.6 Å². The molecule has 1 aromatic heterocycles. The molecule has 1 aliphatic heterocycles. The van der Waals surface area contributed by atoms with E-state index in [1.54, 1.807) is 36.4 Å². The van der Waals surface area contributed by atoms with Crippen molar-refractivity contribution in [3.8, 4) is 11.4 Å². The Kier molecular flexibility index (Phi) is 6.24. The van der Waals surface area contributed by atoms with E-state index in [4.69, 9.17) is 16.1 Å². The summed E-state index contributed by atoms with van der Waals surface area (Å²) in [5, 5.41) is 15.2. The first-order valence-corrected chi connectivity index (χ1v) is 10.2. The largest absolute Gasteiger partial charge is 0.338 e. The maximum atomic E-state index is 12.8. The van der Waals surface area contributed by atoms with Crippen molar-refractivity contribution in [2.75, 3.05) is 26.2 Å². The molecule has 0 saturated carbocycles. The molecule has 0 N–H and O–H groups in total. The second kappa shape index (κ2) is 9.23. The molecule has 3 aromatic rings. The fourth-order valence-corrected chi connectivity index (χ4v) is 3.71. The zero-order chi connectivity index (χ0) is 21.8. The molecule has 1 amide bonds. The van der Waals surface area contributed by atoms with E-state index in [1.165, 1.54) is 12.1 Å². The van der Waals surface area contributed by atoms with Crippen LogP contribution in [0.3, 0.4) is 0 Å². The maximum absolute atomic E-state index is 12.8. The van der Waals surface area contributed by atoms with Crippen molar-refractivity contribution in [1.29, 1.82) is 0 Å². The highest BCUT2D eigenvalue weighted by Gasteiger charge is 2.23. The SMILES string of the molecule is O=C(c1ccccc1Cl)N1CCCN(Cc2nc(-c3ccc([N+](=O)[O-])cc3)no2)CC1. The van der Waals surface area contributed by atoms with Crippen molar-refractivity contribution in [3.63, 3.8) is 0 Å². The Morgan fingerprint density at radius 2 is 1.87 bits per heavy atom. The standard InChI is InChI=1S/C21H20ClN5O4/c22-18-5-2-1-4-17(18)21(28)26-11-3-10-25(12-13-26)14-19-23-20(24-31-19)15-6-8-16(9-7-15)27(29)30/h1-2,4-9H,3,10-14H2. The third kappa shape index (κ3) is 4.89. The molecule has 4 rings (SSSR count). The average molecular weight is 442 g/mol. The quantitative estimate of drug-likeness (QED) is 0.439. The smallest absolute Gasteiger partial charge is 0.269 e. The fraction of sp³-hybridized carbons (Fsp3) is 0.286. The van der Waals surface area contributed by atoms with Crippen molar-refractivity contribution in [1.82, 2.24) is 19.9 Å². The highest BCUT2D eigenvalue weighted by molar-refractivity contribution is 6.33. The van der Waals surface area contributed by atoms with Crippen molar-refractivity contribution in [2.24, 2.45) is 0 Å². The highest BCUT2D eigenvalue weighted by atomic mass is 35.5. The third-order valence-corrected chi connectivity index (χ3v) is 5.47. The normalized spacial score (nSPS) is 14.9. The van der Waals surface area contributed by atoms with Gasteiger partial charge in [-0.15, -0.1) is 0 Å². The number of nitro groups is 1. The molecule has 160 valence electrons. The molecule has 0 unspecified atom stereocenters. The number of carbonyl (C=O) groups excluding carboxylic acids is 1. The van der Waals surface area contributed by atoms with Gasteiger partial charge >= 0.3 is 0 Å². The first-order valence-electron chi connectivity index (χ1n) is 9.85. The van der Waals surface area contributed by atoms with Gasteiger partial charge in [-0.3, -0.25) is 19.8 Å². The van der Waals surface area contributed by atoms with Gasteiger partial charge in [-0.05, 0) is 30.7 Å². The lowest BCUT2D eigenvalue weighted by molar-refractivity contribution is -0.384. The van der Waals surface area contributed by atoms with Crippen LogP contribution >= 0.6 is 11.6 Å². The molecule has 1 saturated heterocycles. The summed E-state index contributed by atoms with van der Waals surface area (Å²) in [4.78, 5) is 31.5. The number of nitro benzene ring substituents is 1. The van der Waals surface area contributed by atoms with E-state index in [2.05, 4.69) is 15.0 Å². The van der Waals surface area contributed by atoms with E-state index in [9.17, 15) is 14.9 Å². The summed E-state index contributed by atoms with van der Waals surface area (Å²) < 4.78 is 5.37. The number of aromatic nitrogens is 2. The number of halogens is 1. The van der Waals surface area contributed by atoms with Gasteiger partial charge in [0, 0.05) is 43.9 Å². The lowest BCUT2D eigenvalue weighted by Gasteiger charge is -2.21. The van der Waals surface area contributed by atoms with Gasteiger partial charge in [0.05, 0.1) is 22.1 Å². The van der Waals surface area contributed by atoms with Crippen LogP contribution in [0, 0.1) is 10.1 Å². The molecule has 2 heterocycles. The summed E-state index contributed by atoms with van der Waals surface area (Å²) in [5.74, 6) is 0.778. The van der Waals surface area contributed by atoms with Crippen LogP contribution in [0.5, 0.6) is 0 Å². The van der Waals surface area contributed by atoms with Gasteiger partial charge in [-0.1, -0.05) is 28.9 Å². The van der Waals surface area contributed by atoms with E-state index in [0.29, 0.717) is 54.0 Å².